The molecule has 1 aromatic carbocycles. The maximum absolute atomic E-state index is 13.9. The Kier molecular flexibility index (Phi) is 3.94. The lowest BCUT2D eigenvalue weighted by molar-refractivity contribution is 0.0572. The number of amides is 3. The number of nitrogens with zero attached hydrogens (tertiary/aromatic N) is 3. The van der Waals surface area contributed by atoms with Crippen LogP contribution in [0.25, 0.3) is 0 Å². The third-order valence-electron chi connectivity index (χ3n) is 4.76. The number of hydrogen-bond donors (Lipinski definition) is 0. The van der Waals surface area contributed by atoms with Gasteiger partial charge in [0.25, 0.3) is 17.7 Å². The fraction of sp³-hybridized carbons (Fsp3) is 0.222. The zero-order valence-electron chi connectivity index (χ0n) is 13.8. The fourth-order valence-corrected chi connectivity index (χ4v) is 3.41. The molecule has 0 aliphatic carbocycles. The number of halogens is 3. The van der Waals surface area contributed by atoms with Crippen molar-refractivity contribution < 1.29 is 27.6 Å². The zero-order valence-corrected chi connectivity index (χ0v) is 13.8. The first-order valence-electron chi connectivity index (χ1n) is 8.16. The Labute approximate surface area is 151 Å². The Hall–Kier alpha value is -3.23. The molecule has 2 aromatic rings. The maximum Gasteiger partial charge on any atom is 0.280 e. The van der Waals surface area contributed by atoms with Crippen molar-refractivity contribution in [2.45, 2.75) is 12.5 Å². The molecular formula is C18H12F3N3O3. The van der Waals surface area contributed by atoms with Gasteiger partial charge < -0.3 is 4.90 Å². The second kappa shape index (κ2) is 6.19. The van der Waals surface area contributed by atoms with Gasteiger partial charge in [-0.2, -0.15) is 0 Å². The number of pyridine rings is 1. The summed E-state index contributed by atoms with van der Waals surface area (Å²) in [5.74, 6) is -6.54. The summed E-state index contributed by atoms with van der Waals surface area (Å²) in [6.45, 7) is 0.117. The largest absolute Gasteiger partial charge is 0.336 e. The van der Waals surface area contributed by atoms with Gasteiger partial charge in [0.05, 0.1) is 17.2 Å². The van der Waals surface area contributed by atoms with Crippen molar-refractivity contribution in [3.05, 3.63) is 64.7 Å². The van der Waals surface area contributed by atoms with Crippen molar-refractivity contribution in [1.82, 2.24) is 14.8 Å². The molecule has 0 spiro atoms. The zero-order chi connectivity index (χ0) is 19.3. The van der Waals surface area contributed by atoms with Crippen LogP contribution in [0.15, 0.2) is 30.5 Å². The Morgan fingerprint density at radius 1 is 1.07 bits per heavy atom. The SMILES string of the molecule is O=C(c1ccc(F)c(F)c1F)N1CCC(N2C(=O)c3cccnc3C2=O)C1. The van der Waals surface area contributed by atoms with E-state index in [1.165, 1.54) is 17.2 Å². The van der Waals surface area contributed by atoms with Gasteiger partial charge in [-0.3, -0.25) is 24.3 Å². The van der Waals surface area contributed by atoms with Crippen molar-refractivity contribution >= 4 is 17.7 Å². The van der Waals surface area contributed by atoms with Crippen LogP contribution in [0.2, 0.25) is 0 Å². The van der Waals surface area contributed by atoms with E-state index in [0.717, 1.165) is 11.0 Å². The summed E-state index contributed by atoms with van der Waals surface area (Å²) in [7, 11) is 0. The monoisotopic (exact) mass is 375 g/mol. The topological polar surface area (TPSA) is 70.6 Å². The highest BCUT2D eigenvalue weighted by Gasteiger charge is 2.44. The van der Waals surface area contributed by atoms with Crippen LogP contribution in [0.1, 0.15) is 37.6 Å². The minimum Gasteiger partial charge on any atom is -0.336 e. The molecule has 4 rings (SSSR count). The van der Waals surface area contributed by atoms with Gasteiger partial charge in [-0.15, -0.1) is 0 Å². The maximum atomic E-state index is 13.9. The molecule has 3 heterocycles. The molecule has 9 heteroatoms. The summed E-state index contributed by atoms with van der Waals surface area (Å²) in [4.78, 5) is 43.6. The molecule has 27 heavy (non-hydrogen) atoms. The van der Waals surface area contributed by atoms with E-state index in [1.54, 1.807) is 6.07 Å². The lowest BCUT2D eigenvalue weighted by Crippen LogP contribution is -2.42. The van der Waals surface area contributed by atoms with Gasteiger partial charge in [-0.25, -0.2) is 13.2 Å². The predicted octanol–water partition coefficient (Wildman–Crippen LogP) is 2.01. The van der Waals surface area contributed by atoms with E-state index in [2.05, 4.69) is 4.98 Å². The number of likely N-dealkylation sites (tertiary alicyclic amines) is 1. The van der Waals surface area contributed by atoms with Gasteiger partial charge in [-0.05, 0) is 30.7 Å². The van der Waals surface area contributed by atoms with Gasteiger partial charge in [0.2, 0.25) is 0 Å². The molecule has 1 saturated heterocycles. The predicted molar refractivity (Wildman–Crippen MR) is 85.4 cm³/mol. The molecule has 1 unspecified atom stereocenters. The Bertz CT molecular complexity index is 960. The Morgan fingerprint density at radius 3 is 2.59 bits per heavy atom. The number of rotatable bonds is 2. The molecule has 1 atom stereocenters. The van der Waals surface area contributed by atoms with E-state index >= 15 is 0 Å². The molecule has 138 valence electrons. The molecule has 0 saturated carbocycles. The van der Waals surface area contributed by atoms with Gasteiger partial charge >= 0.3 is 0 Å². The first kappa shape index (κ1) is 17.2. The molecule has 0 radical (unpaired) electrons. The van der Waals surface area contributed by atoms with Crippen molar-refractivity contribution in [3.8, 4) is 0 Å². The number of imide groups is 1. The fourth-order valence-electron chi connectivity index (χ4n) is 3.41. The van der Waals surface area contributed by atoms with Gasteiger partial charge in [0.1, 0.15) is 5.69 Å². The average molecular weight is 375 g/mol. The van der Waals surface area contributed by atoms with Crippen LogP contribution in [-0.2, 0) is 0 Å². The van der Waals surface area contributed by atoms with Crippen LogP contribution in [0, 0.1) is 17.5 Å². The quantitative estimate of drug-likeness (QED) is 0.595. The van der Waals surface area contributed by atoms with E-state index in [0.29, 0.717) is 12.5 Å². The van der Waals surface area contributed by atoms with E-state index in [-0.39, 0.29) is 24.3 Å². The molecule has 0 bridgehead atoms. The molecular weight excluding hydrogens is 363 g/mol. The van der Waals surface area contributed by atoms with Crippen molar-refractivity contribution in [2.75, 3.05) is 13.1 Å². The second-order valence-corrected chi connectivity index (χ2v) is 6.30. The summed E-state index contributed by atoms with van der Waals surface area (Å²) in [6.07, 6.45) is 1.70. The van der Waals surface area contributed by atoms with E-state index in [9.17, 15) is 27.6 Å². The molecule has 6 nitrogen and oxygen atoms in total. The number of benzene rings is 1. The number of carbonyl (C=O) groups is 3. The lowest BCUT2D eigenvalue weighted by atomic mass is 10.1. The van der Waals surface area contributed by atoms with Crippen LogP contribution in [0.4, 0.5) is 13.2 Å². The average Bonchev–Trinajstić information content (AvgIpc) is 3.24. The lowest BCUT2D eigenvalue weighted by Gasteiger charge is -2.22. The van der Waals surface area contributed by atoms with Crippen LogP contribution in [0.5, 0.6) is 0 Å². The molecule has 0 N–H and O–H groups in total. The van der Waals surface area contributed by atoms with E-state index in [1.807, 2.05) is 0 Å². The highest BCUT2D eigenvalue weighted by molar-refractivity contribution is 6.20. The molecule has 2 aliphatic heterocycles. The first-order valence-corrected chi connectivity index (χ1v) is 8.16. The van der Waals surface area contributed by atoms with Gasteiger partial charge in [-0.1, -0.05) is 0 Å². The van der Waals surface area contributed by atoms with Crippen LogP contribution < -0.4 is 0 Å². The smallest absolute Gasteiger partial charge is 0.280 e. The van der Waals surface area contributed by atoms with Crippen molar-refractivity contribution in [1.29, 1.82) is 0 Å². The highest BCUT2D eigenvalue weighted by Crippen LogP contribution is 2.28. The third-order valence-corrected chi connectivity index (χ3v) is 4.76. The molecule has 3 amide bonds. The van der Waals surface area contributed by atoms with Crippen molar-refractivity contribution in [3.63, 3.8) is 0 Å². The molecule has 1 aromatic heterocycles. The molecule has 1 fully saturated rings. The summed E-state index contributed by atoms with van der Waals surface area (Å²) in [6, 6.07) is 3.99. The van der Waals surface area contributed by atoms with Crippen LogP contribution >= 0.6 is 0 Å². The normalized spacial score (nSPS) is 19.0. The van der Waals surface area contributed by atoms with Crippen molar-refractivity contribution in [2.24, 2.45) is 0 Å². The highest BCUT2D eigenvalue weighted by atomic mass is 19.2. The summed E-state index contributed by atoms with van der Waals surface area (Å²) >= 11 is 0. The Balaban J connectivity index is 1.55. The van der Waals surface area contributed by atoms with E-state index in [4.69, 9.17) is 0 Å². The van der Waals surface area contributed by atoms with Crippen LogP contribution in [0.3, 0.4) is 0 Å². The summed E-state index contributed by atoms with van der Waals surface area (Å²) in [5.41, 5.74) is -0.351. The summed E-state index contributed by atoms with van der Waals surface area (Å²) < 4.78 is 40.3. The molecule has 2 aliphatic rings. The first-order chi connectivity index (χ1) is 12.9. The minimum absolute atomic E-state index is 0.0251. The van der Waals surface area contributed by atoms with E-state index < -0.39 is 46.8 Å². The Morgan fingerprint density at radius 2 is 1.85 bits per heavy atom. The van der Waals surface area contributed by atoms with Crippen LogP contribution in [-0.4, -0.2) is 51.6 Å². The second-order valence-electron chi connectivity index (χ2n) is 6.30. The summed E-state index contributed by atoms with van der Waals surface area (Å²) in [5, 5.41) is 0. The third kappa shape index (κ3) is 2.57. The number of carbonyl (C=O) groups excluding carboxylic acids is 3. The number of fused-ring (bicyclic) bond motifs is 1. The van der Waals surface area contributed by atoms with Gasteiger partial charge in [0, 0.05) is 19.3 Å². The minimum atomic E-state index is -1.72. The number of hydrogen-bond acceptors (Lipinski definition) is 4. The number of aromatic nitrogens is 1. The van der Waals surface area contributed by atoms with Gasteiger partial charge in [0.15, 0.2) is 17.5 Å². The standard InChI is InChI=1S/C18H12F3N3O3/c19-12-4-3-10(13(20)14(12)21)16(25)23-7-5-9(8-23)24-17(26)11-2-1-6-22-15(11)18(24)27/h1-4,6,9H,5,7-8H2.